The van der Waals surface area contributed by atoms with Crippen LogP contribution in [0, 0.1) is 5.82 Å². The molecule has 2 atom stereocenters. The van der Waals surface area contributed by atoms with Crippen molar-refractivity contribution in [1.29, 1.82) is 0 Å². The van der Waals surface area contributed by atoms with Crippen molar-refractivity contribution in [1.82, 2.24) is 25.3 Å². The maximum Gasteiger partial charge on any atom is 0.424 e. The van der Waals surface area contributed by atoms with Crippen LogP contribution in [0.4, 0.5) is 29.1 Å². The van der Waals surface area contributed by atoms with Crippen molar-refractivity contribution < 1.29 is 46.5 Å². The van der Waals surface area contributed by atoms with Crippen molar-refractivity contribution in [3.8, 4) is 28.9 Å². The molecule has 0 aliphatic carbocycles. The zero-order chi connectivity index (χ0) is 36.7. The molecule has 17 heteroatoms. The summed E-state index contributed by atoms with van der Waals surface area (Å²) in [5.41, 5.74) is -0.286. The number of hydrogen-bond acceptors (Lipinski definition) is 11. The lowest BCUT2D eigenvalue weighted by molar-refractivity contribution is -0.265. The molecule has 4 heterocycles. The highest BCUT2D eigenvalue weighted by Crippen LogP contribution is 2.47. The molecule has 0 spiro atoms. The number of alkyl halides is 3. The van der Waals surface area contributed by atoms with E-state index in [0.717, 1.165) is 18.2 Å². The molecule has 0 saturated heterocycles. The predicted molar refractivity (Wildman–Crippen MR) is 174 cm³/mol. The molecule has 1 aliphatic rings. The van der Waals surface area contributed by atoms with Gasteiger partial charge in [0.15, 0.2) is 0 Å². The largest absolute Gasteiger partial charge is 0.489 e. The van der Waals surface area contributed by atoms with E-state index in [1.54, 1.807) is 12.1 Å². The summed E-state index contributed by atoms with van der Waals surface area (Å²) in [6.45, 7) is -0.339. The molecular weight excluding hydrogens is 678 g/mol. The Bertz CT molecular complexity index is 2150. The number of nitrogens with zero attached hydrogens (tertiary/aromatic N) is 4. The second-order valence-electron chi connectivity index (χ2n) is 11.8. The minimum atomic E-state index is -5.41. The van der Waals surface area contributed by atoms with Gasteiger partial charge in [0.1, 0.15) is 35.1 Å². The number of fused-ring (bicyclic) bond motifs is 2. The third-order valence-electron chi connectivity index (χ3n) is 8.44. The summed E-state index contributed by atoms with van der Waals surface area (Å²) < 4.78 is 74.5. The quantitative estimate of drug-likeness (QED) is 0.152. The van der Waals surface area contributed by atoms with Gasteiger partial charge in [0.25, 0.3) is 5.91 Å². The number of anilines is 2. The van der Waals surface area contributed by atoms with Gasteiger partial charge in [0.2, 0.25) is 17.4 Å². The molecule has 264 valence electrons. The van der Waals surface area contributed by atoms with E-state index in [9.17, 15) is 32.3 Å². The number of carbonyl (C=O) groups excluding carboxylic acids is 2. The second kappa shape index (κ2) is 13.0. The van der Waals surface area contributed by atoms with E-state index >= 15 is 0 Å². The zero-order valence-corrected chi connectivity index (χ0v) is 27.1. The molecule has 1 aliphatic heterocycles. The van der Waals surface area contributed by atoms with Gasteiger partial charge in [-0.15, -0.1) is 0 Å². The van der Waals surface area contributed by atoms with Crippen LogP contribution >= 0.6 is 0 Å². The molecule has 0 fully saturated rings. The van der Waals surface area contributed by atoms with E-state index < -0.39 is 47.1 Å². The van der Waals surface area contributed by atoms with Crippen LogP contribution in [-0.2, 0) is 15.8 Å². The molecule has 2 aromatic carbocycles. The number of pyridine rings is 2. The topological polar surface area (TPSA) is 184 Å². The Hall–Kier alpha value is -6.10. The van der Waals surface area contributed by atoms with Crippen molar-refractivity contribution in [3.05, 3.63) is 89.5 Å². The van der Waals surface area contributed by atoms with Gasteiger partial charge in [0, 0.05) is 34.3 Å². The van der Waals surface area contributed by atoms with Crippen molar-refractivity contribution in [3.63, 3.8) is 0 Å². The summed E-state index contributed by atoms with van der Waals surface area (Å²) in [6.07, 6.45) is -3.90. The monoisotopic (exact) mass is 707 g/mol. The first-order valence-electron chi connectivity index (χ1n) is 15.1. The van der Waals surface area contributed by atoms with Crippen LogP contribution in [0.3, 0.4) is 0 Å². The van der Waals surface area contributed by atoms with Gasteiger partial charge in [-0.05, 0) is 55.5 Å². The Morgan fingerprint density at radius 1 is 1.04 bits per heavy atom. The second-order valence-corrected chi connectivity index (χ2v) is 11.8. The third kappa shape index (κ3) is 6.38. The third-order valence-corrected chi connectivity index (χ3v) is 8.44. The predicted octanol–water partition coefficient (Wildman–Crippen LogP) is 4.30. The van der Waals surface area contributed by atoms with Crippen LogP contribution in [-0.4, -0.2) is 70.4 Å². The lowest BCUT2D eigenvalue weighted by Gasteiger charge is -2.31. The van der Waals surface area contributed by atoms with Gasteiger partial charge in [-0.25, -0.2) is 9.37 Å². The average Bonchev–Trinajstić information content (AvgIpc) is 3.47. The van der Waals surface area contributed by atoms with Gasteiger partial charge in [-0.1, -0.05) is 6.07 Å². The first kappa shape index (κ1) is 34.8. The van der Waals surface area contributed by atoms with E-state index in [-0.39, 0.29) is 58.1 Å². The molecule has 0 saturated carbocycles. The van der Waals surface area contributed by atoms with E-state index in [2.05, 4.69) is 30.6 Å². The summed E-state index contributed by atoms with van der Waals surface area (Å²) in [6, 6.07) is 12.9. The molecule has 13 nitrogen and oxygen atoms in total. The average molecular weight is 708 g/mol. The molecule has 0 radical (unpaired) electrons. The van der Waals surface area contributed by atoms with Crippen LogP contribution in [0.1, 0.15) is 28.5 Å². The van der Waals surface area contributed by atoms with Crippen LogP contribution in [0.15, 0.2) is 66.9 Å². The Morgan fingerprint density at radius 3 is 2.45 bits per heavy atom. The minimum Gasteiger partial charge on any atom is -0.489 e. The maximum atomic E-state index is 14.9. The van der Waals surface area contributed by atoms with Gasteiger partial charge in [-0.2, -0.15) is 23.1 Å². The molecule has 3 aromatic heterocycles. The first-order valence-corrected chi connectivity index (χ1v) is 15.1. The van der Waals surface area contributed by atoms with E-state index in [1.165, 1.54) is 57.7 Å². The van der Waals surface area contributed by atoms with Crippen LogP contribution in [0.5, 0.6) is 17.6 Å². The van der Waals surface area contributed by atoms with Crippen molar-refractivity contribution in [2.75, 3.05) is 32.7 Å². The lowest BCUT2D eigenvalue weighted by atomic mass is 9.81. The SMILES string of the molecule is COc1cc(Nc2cc(C(=O)NC[C@](O)(c3cc4c(c(-c5ccc(F)cc5)n3)OC[C@]4(C)C(N)=O)C(F)(F)F)cc3cccnc23)nc(OC)n1. The number of aromatic nitrogens is 4. The number of nitrogens with one attached hydrogen (secondary N) is 2. The summed E-state index contributed by atoms with van der Waals surface area (Å²) in [4.78, 5) is 42.8. The smallest absolute Gasteiger partial charge is 0.424 e. The molecule has 0 unspecified atom stereocenters. The Labute approximate surface area is 286 Å². The summed E-state index contributed by atoms with van der Waals surface area (Å²) in [5, 5.41) is 17.1. The van der Waals surface area contributed by atoms with E-state index in [1.807, 2.05) is 0 Å². The summed E-state index contributed by atoms with van der Waals surface area (Å²) >= 11 is 0. The lowest BCUT2D eigenvalue weighted by Crippen LogP contribution is -2.51. The molecule has 5 N–H and O–H groups in total. The minimum absolute atomic E-state index is 0.0279. The van der Waals surface area contributed by atoms with Gasteiger partial charge < -0.3 is 35.7 Å². The summed E-state index contributed by atoms with van der Waals surface area (Å²) in [5.74, 6) is -2.21. The Balaban J connectivity index is 1.39. The van der Waals surface area contributed by atoms with Crippen molar-refractivity contribution in [2.24, 2.45) is 5.73 Å². The molecular formula is C34H29F4N7O6. The van der Waals surface area contributed by atoms with Crippen molar-refractivity contribution in [2.45, 2.75) is 24.1 Å². The number of nitrogens with two attached hydrogens (primary N) is 1. The fraction of sp³-hybridized carbons (Fsp3) is 0.235. The number of primary amides is 1. The molecule has 5 aromatic rings. The Morgan fingerprint density at radius 2 is 1.78 bits per heavy atom. The number of carbonyl (C=O) groups is 2. The zero-order valence-electron chi connectivity index (χ0n) is 27.1. The number of halogens is 4. The molecule has 51 heavy (non-hydrogen) atoms. The molecule has 2 amide bonds. The number of methoxy groups -OCH3 is 2. The van der Waals surface area contributed by atoms with Crippen molar-refractivity contribution >= 4 is 34.2 Å². The number of rotatable bonds is 10. The normalized spacial score (nSPS) is 16.5. The van der Waals surface area contributed by atoms with Gasteiger partial charge >= 0.3 is 12.2 Å². The van der Waals surface area contributed by atoms with Crippen LogP contribution in [0.2, 0.25) is 0 Å². The number of benzene rings is 2. The highest BCUT2D eigenvalue weighted by Gasteiger charge is 2.57. The Kier molecular flexibility index (Phi) is 8.84. The molecule has 6 rings (SSSR count). The van der Waals surface area contributed by atoms with Gasteiger partial charge in [0.05, 0.1) is 37.7 Å². The maximum absolute atomic E-state index is 14.9. The number of amides is 2. The number of hydrogen-bond donors (Lipinski definition) is 4. The fourth-order valence-electron chi connectivity index (χ4n) is 5.47. The first-order chi connectivity index (χ1) is 24.2. The highest BCUT2D eigenvalue weighted by atomic mass is 19.4. The number of ether oxygens (including phenoxy) is 3. The standard InChI is InChI=1S/C34H29F4N7O6/c1-32(30(39)47)16-51-28-21(32)13-23(43-27(28)17-6-8-20(35)9-7-17)33(48,34(36,37)38)15-41-29(46)19-11-18-5-4-10-40-26(18)22(12-19)42-24-14-25(49-2)45-31(44-24)50-3/h4-14,48H,15-16H2,1-3H3,(H2,39,47)(H,41,46)(H,42,44,45)/t32-,33-/m0/s1. The van der Waals surface area contributed by atoms with E-state index in [4.69, 9.17) is 19.9 Å². The molecule has 0 bridgehead atoms. The van der Waals surface area contributed by atoms with Gasteiger partial charge in [-0.3, -0.25) is 14.6 Å². The highest BCUT2D eigenvalue weighted by molar-refractivity contribution is 6.02. The van der Waals surface area contributed by atoms with Crippen LogP contribution < -0.4 is 30.6 Å². The van der Waals surface area contributed by atoms with E-state index in [0.29, 0.717) is 10.9 Å². The van der Waals surface area contributed by atoms with Crippen LogP contribution in [0.25, 0.3) is 22.2 Å². The number of aliphatic hydroxyl groups is 1. The summed E-state index contributed by atoms with van der Waals surface area (Å²) in [7, 11) is 2.75. The fourth-order valence-corrected chi connectivity index (χ4v) is 5.47.